The molecule has 82 valence electrons. The summed E-state index contributed by atoms with van der Waals surface area (Å²) in [5, 5.41) is 2.00. The van der Waals surface area contributed by atoms with Gasteiger partial charge in [0.15, 0.2) is 0 Å². The zero-order valence-electron chi connectivity index (χ0n) is 8.65. The molecular weight excluding hydrogens is 284 g/mol. The molecule has 0 aliphatic carbocycles. The van der Waals surface area contributed by atoms with Crippen molar-refractivity contribution in [1.82, 2.24) is 0 Å². The first-order valence-electron chi connectivity index (χ1n) is 5.03. The fourth-order valence-corrected chi connectivity index (χ4v) is 3.04. The lowest BCUT2D eigenvalue weighted by Gasteiger charge is -2.00. The van der Waals surface area contributed by atoms with E-state index < -0.39 is 0 Å². The Morgan fingerprint density at radius 3 is 2.50 bits per heavy atom. The van der Waals surface area contributed by atoms with E-state index in [1.807, 2.05) is 41.8 Å². The van der Waals surface area contributed by atoms with E-state index in [0.29, 0.717) is 12.8 Å². The predicted octanol–water partition coefficient (Wildman–Crippen LogP) is 3.86. The summed E-state index contributed by atoms with van der Waals surface area (Å²) in [7, 11) is 0. The van der Waals surface area contributed by atoms with Crippen LogP contribution in [0.3, 0.4) is 0 Å². The molecule has 0 bridgehead atoms. The van der Waals surface area contributed by atoms with Gasteiger partial charge in [-0.25, -0.2) is 0 Å². The number of halogens is 1. The summed E-state index contributed by atoms with van der Waals surface area (Å²) in [6.45, 7) is 0. The van der Waals surface area contributed by atoms with Crippen LogP contribution in [0.5, 0.6) is 0 Å². The number of rotatable bonds is 4. The summed E-state index contributed by atoms with van der Waals surface area (Å²) in [4.78, 5) is 12.9. The largest absolute Gasteiger partial charge is 0.299 e. The average molecular weight is 295 g/mol. The lowest BCUT2D eigenvalue weighted by Crippen LogP contribution is -2.05. The van der Waals surface area contributed by atoms with Crippen LogP contribution in [0.1, 0.15) is 10.4 Å². The molecule has 2 rings (SSSR count). The van der Waals surface area contributed by atoms with Crippen molar-refractivity contribution in [3.05, 3.63) is 56.7 Å². The van der Waals surface area contributed by atoms with Crippen LogP contribution in [-0.4, -0.2) is 5.78 Å². The first-order valence-corrected chi connectivity index (χ1v) is 6.70. The van der Waals surface area contributed by atoms with Crippen molar-refractivity contribution in [2.45, 2.75) is 12.8 Å². The van der Waals surface area contributed by atoms with Gasteiger partial charge in [-0.15, -0.1) is 11.3 Å². The zero-order valence-corrected chi connectivity index (χ0v) is 11.1. The molecule has 0 amide bonds. The van der Waals surface area contributed by atoms with Crippen LogP contribution < -0.4 is 0 Å². The van der Waals surface area contributed by atoms with Crippen molar-refractivity contribution in [2.75, 3.05) is 0 Å². The molecule has 1 aromatic heterocycles. The highest BCUT2D eigenvalue weighted by atomic mass is 79.9. The van der Waals surface area contributed by atoms with E-state index >= 15 is 0 Å². The van der Waals surface area contributed by atoms with E-state index in [9.17, 15) is 4.79 Å². The molecule has 1 aromatic carbocycles. The summed E-state index contributed by atoms with van der Waals surface area (Å²) in [6, 6.07) is 11.8. The summed E-state index contributed by atoms with van der Waals surface area (Å²) in [5.41, 5.74) is 1.08. The molecule has 0 unspecified atom stereocenters. The molecule has 0 atom stereocenters. The van der Waals surface area contributed by atoms with E-state index in [0.717, 1.165) is 14.9 Å². The second-order valence-electron chi connectivity index (χ2n) is 3.57. The van der Waals surface area contributed by atoms with Gasteiger partial charge in [0.2, 0.25) is 0 Å². The lowest BCUT2D eigenvalue weighted by atomic mass is 10.1. The Morgan fingerprint density at radius 1 is 1.12 bits per heavy atom. The van der Waals surface area contributed by atoms with Crippen LogP contribution in [-0.2, 0) is 17.6 Å². The van der Waals surface area contributed by atoms with Gasteiger partial charge in [-0.05, 0) is 32.9 Å². The van der Waals surface area contributed by atoms with Crippen molar-refractivity contribution >= 4 is 33.0 Å². The monoisotopic (exact) mass is 294 g/mol. The second kappa shape index (κ2) is 5.41. The fourth-order valence-electron chi connectivity index (χ4n) is 1.52. The van der Waals surface area contributed by atoms with Crippen LogP contribution >= 0.6 is 27.3 Å². The molecule has 0 N–H and O–H groups in total. The Morgan fingerprint density at radius 2 is 1.88 bits per heavy atom. The smallest absolute Gasteiger partial charge is 0.142 e. The molecule has 0 saturated heterocycles. The first kappa shape index (κ1) is 11.6. The Bertz CT molecular complexity index is 476. The number of benzene rings is 1. The highest BCUT2D eigenvalue weighted by Crippen LogP contribution is 2.23. The van der Waals surface area contributed by atoms with Gasteiger partial charge in [-0.3, -0.25) is 4.79 Å². The molecule has 0 aliphatic rings. The summed E-state index contributed by atoms with van der Waals surface area (Å²) in [5.74, 6) is 0.259. The van der Waals surface area contributed by atoms with E-state index in [1.54, 1.807) is 11.3 Å². The topological polar surface area (TPSA) is 17.1 Å². The Balaban J connectivity index is 1.98. The number of Topliss-reactive ketones (excluding diaryl/α,β-unsaturated/α-hetero) is 1. The quantitative estimate of drug-likeness (QED) is 0.837. The number of hydrogen-bond acceptors (Lipinski definition) is 2. The highest BCUT2D eigenvalue weighted by molar-refractivity contribution is 9.10. The van der Waals surface area contributed by atoms with Crippen molar-refractivity contribution < 1.29 is 4.79 Å². The average Bonchev–Trinajstić information content (AvgIpc) is 2.66. The third-order valence-corrected chi connectivity index (χ3v) is 4.22. The number of carbonyl (C=O) groups excluding carboxylic acids is 1. The van der Waals surface area contributed by atoms with Gasteiger partial charge in [-0.1, -0.05) is 30.3 Å². The molecule has 1 heterocycles. The summed E-state index contributed by atoms with van der Waals surface area (Å²) >= 11 is 5.06. The van der Waals surface area contributed by atoms with E-state index in [1.165, 1.54) is 0 Å². The molecular formula is C13H11BrOS. The maximum absolute atomic E-state index is 11.8. The Hall–Kier alpha value is -0.930. The van der Waals surface area contributed by atoms with Crippen molar-refractivity contribution in [2.24, 2.45) is 0 Å². The summed E-state index contributed by atoms with van der Waals surface area (Å²) < 4.78 is 1.04. The van der Waals surface area contributed by atoms with Crippen LogP contribution in [0, 0.1) is 0 Å². The predicted molar refractivity (Wildman–Crippen MR) is 70.9 cm³/mol. The molecule has 16 heavy (non-hydrogen) atoms. The molecule has 0 spiro atoms. The molecule has 0 aliphatic heterocycles. The van der Waals surface area contributed by atoms with Crippen LogP contribution in [0.25, 0.3) is 0 Å². The maximum Gasteiger partial charge on any atom is 0.142 e. The van der Waals surface area contributed by atoms with E-state index in [-0.39, 0.29) is 5.78 Å². The van der Waals surface area contributed by atoms with Gasteiger partial charge in [0.05, 0.1) is 0 Å². The third kappa shape index (κ3) is 3.03. The second-order valence-corrected chi connectivity index (χ2v) is 5.42. The number of ketones is 1. The SMILES string of the molecule is O=C(Cc1ccccc1)Cc1sccc1Br. The highest BCUT2D eigenvalue weighted by Gasteiger charge is 2.08. The Kier molecular flexibility index (Phi) is 3.91. The van der Waals surface area contributed by atoms with Crippen molar-refractivity contribution in [1.29, 1.82) is 0 Å². The number of carbonyl (C=O) groups is 1. The van der Waals surface area contributed by atoms with Gasteiger partial charge < -0.3 is 0 Å². The first-order chi connectivity index (χ1) is 7.75. The minimum Gasteiger partial charge on any atom is -0.299 e. The lowest BCUT2D eigenvalue weighted by molar-refractivity contribution is -0.117. The number of thiophene rings is 1. The fraction of sp³-hybridized carbons (Fsp3) is 0.154. The normalized spacial score (nSPS) is 10.3. The molecule has 0 radical (unpaired) electrons. The van der Waals surface area contributed by atoms with Crippen molar-refractivity contribution in [3.8, 4) is 0 Å². The number of hydrogen-bond donors (Lipinski definition) is 0. The Labute approximate surface area is 107 Å². The molecule has 1 nitrogen and oxygen atoms in total. The third-order valence-electron chi connectivity index (χ3n) is 2.29. The minimum absolute atomic E-state index is 0.259. The van der Waals surface area contributed by atoms with E-state index in [4.69, 9.17) is 0 Å². The van der Waals surface area contributed by atoms with Gasteiger partial charge in [-0.2, -0.15) is 0 Å². The van der Waals surface area contributed by atoms with Gasteiger partial charge in [0.25, 0.3) is 0 Å². The van der Waals surface area contributed by atoms with E-state index in [2.05, 4.69) is 15.9 Å². The minimum atomic E-state index is 0.259. The standard InChI is InChI=1S/C13H11BrOS/c14-12-6-7-16-13(12)9-11(15)8-10-4-2-1-3-5-10/h1-7H,8-9H2. The van der Waals surface area contributed by atoms with Crippen LogP contribution in [0.2, 0.25) is 0 Å². The van der Waals surface area contributed by atoms with Crippen LogP contribution in [0.15, 0.2) is 46.3 Å². The van der Waals surface area contributed by atoms with Crippen LogP contribution in [0.4, 0.5) is 0 Å². The maximum atomic E-state index is 11.8. The molecule has 3 heteroatoms. The molecule has 2 aromatic rings. The van der Waals surface area contributed by atoms with Gasteiger partial charge in [0, 0.05) is 22.2 Å². The van der Waals surface area contributed by atoms with Gasteiger partial charge in [0.1, 0.15) is 5.78 Å². The van der Waals surface area contributed by atoms with Gasteiger partial charge >= 0.3 is 0 Å². The van der Waals surface area contributed by atoms with Crippen molar-refractivity contribution in [3.63, 3.8) is 0 Å². The summed E-state index contributed by atoms with van der Waals surface area (Å²) in [6.07, 6.45) is 1.04. The zero-order chi connectivity index (χ0) is 11.4. The molecule has 0 saturated carbocycles. The molecule has 0 fully saturated rings.